The topological polar surface area (TPSA) is 38.2 Å². The van der Waals surface area contributed by atoms with Gasteiger partial charge in [-0.2, -0.15) is 4.37 Å². The minimum atomic E-state index is 0.0188. The maximum atomic E-state index is 5.48. The maximum Gasteiger partial charge on any atom is 0.205 e. The van der Waals surface area contributed by atoms with Gasteiger partial charge in [-0.15, -0.1) is 0 Å². The summed E-state index contributed by atoms with van der Waals surface area (Å²) in [6.07, 6.45) is 0. The molecule has 0 amide bonds. The van der Waals surface area contributed by atoms with E-state index in [0.29, 0.717) is 6.04 Å². The fourth-order valence-electron chi connectivity index (χ4n) is 1.67. The van der Waals surface area contributed by atoms with Gasteiger partial charge in [0.2, 0.25) is 5.13 Å². The van der Waals surface area contributed by atoms with E-state index in [9.17, 15) is 0 Å². The standard InChI is InChI=1S/C11H18BrN3OS/c1-11(2,3)9-13-10(17-14-9)15-4-5-16-7-8(15)6-12/h8H,4-7H2,1-3H3. The third kappa shape index (κ3) is 2.98. The summed E-state index contributed by atoms with van der Waals surface area (Å²) in [4.78, 5) is 6.96. The van der Waals surface area contributed by atoms with Crippen LogP contribution in [0.25, 0.3) is 0 Å². The minimum Gasteiger partial charge on any atom is -0.377 e. The van der Waals surface area contributed by atoms with E-state index < -0.39 is 0 Å². The van der Waals surface area contributed by atoms with Crippen LogP contribution in [0.3, 0.4) is 0 Å². The molecule has 1 aromatic heterocycles. The monoisotopic (exact) mass is 319 g/mol. The molecule has 0 spiro atoms. The van der Waals surface area contributed by atoms with Crippen molar-refractivity contribution in [1.82, 2.24) is 9.36 Å². The van der Waals surface area contributed by atoms with Gasteiger partial charge in [0, 0.05) is 28.8 Å². The summed E-state index contributed by atoms with van der Waals surface area (Å²) in [7, 11) is 0. The number of rotatable bonds is 2. The quantitative estimate of drug-likeness (QED) is 0.785. The lowest BCUT2D eigenvalue weighted by molar-refractivity contribution is 0.100. The van der Waals surface area contributed by atoms with Crippen molar-refractivity contribution in [2.75, 3.05) is 30.0 Å². The minimum absolute atomic E-state index is 0.0188. The Morgan fingerprint density at radius 1 is 1.53 bits per heavy atom. The van der Waals surface area contributed by atoms with Crippen molar-refractivity contribution in [3.63, 3.8) is 0 Å². The molecule has 17 heavy (non-hydrogen) atoms. The number of halogens is 1. The third-order valence-corrected chi connectivity index (χ3v) is 4.24. The highest BCUT2D eigenvalue weighted by Gasteiger charge is 2.27. The van der Waals surface area contributed by atoms with Crippen LogP contribution in [0.15, 0.2) is 0 Å². The predicted octanol–water partition coefficient (Wildman–Crippen LogP) is 2.44. The molecule has 2 rings (SSSR count). The average Bonchev–Trinajstić information content (AvgIpc) is 2.77. The number of hydrogen-bond donors (Lipinski definition) is 0. The summed E-state index contributed by atoms with van der Waals surface area (Å²) in [5, 5.41) is 1.92. The summed E-state index contributed by atoms with van der Waals surface area (Å²) < 4.78 is 9.95. The number of anilines is 1. The fourth-order valence-corrected chi connectivity index (χ4v) is 3.16. The second-order valence-electron chi connectivity index (χ2n) is 5.23. The number of hydrogen-bond acceptors (Lipinski definition) is 5. The van der Waals surface area contributed by atoms with Gasteiger partial charge in [-0.05, 0) is 0 Å². The third-order valence-electron chi connectivity index (χ3n) is 2.74. The van der Waals surface area contributed by atoms with E-state index in [1.807, 2.05) is 0 Å². The lowest BCUT2D eigenvalue weighted by atomic mass is 9.96. The molecule has 1 unspecified atom stereocenters. The molecule has 1 fully saturated rings. The first-order valence-corrected chi connectivity index (χ1v) is 7.66. The summed E-state index contributed by atoms with van der Waals surface area (Å²) in [5.74, 6) is 0.928. The van der Waals surface area contributed by atoms with Crippen molar-refractivity contribution in [2.24, 2.45) is 0 Å². The molecule has 6 heteroatoms. The molecule has 4 nitrogen and oxygen atoms in total. The van der Waals surface area contributed by atoms with Gasteiger partial charge in [-0.25, -0.2) is 4.98 Å². The van der Waals surface area contributed by atoms with Crippen LogP contribution in [0, 0.1) is 0 Å². The molecule has 1 aliphatic rings. The van der Waals surface area contributed by atoms with Crippen LogP contribution in [0.5, 0.6) is 0 Å². The molecule has 0 saturated carbocycles. The van der Waals surface area contributed by atoms with Crippen LogP contribution in [-0.4, -0.2) is 40.5 Å². The molecule has 0 aromatic carbocycles. The Kier molecular flexibility index (Phi) is 4.05. The molecule has 0 bridgehead atoms. The Morgan fingerprint density at radius 3 is 2.88 bits per heavy atom. The van der Waals surface area contributed by atoms with Crippen LogP contribution in [0.2, 0.25) is 0 Å². The van der Waals surface area contributed by atoms with Crippen LogP contribution in [0.4, 0.5) is 5.13 Å². The first-order valence-electron chi connectivity index (χ1n) is 5.77. The van der Waals surface area contributed by atoms with Gasteiger partial charge in [0.05, 0.1) is 19.3 Å². The van der Waals surface area contributed by atoms with E-state index in [1.165, 1.54) is 11.5 Å². The van der Waals surface area contributed by atoms with Crippen molar-refractivity contribution in [3.8, 4) is 0 Å². The number of morpholine rings is 1. The van der Waals surface area contributed by atoms with Crippen LogP contribution < -0.4 is 4.90 Å². The summed E-state index contributed by atoms with van der Waals surface area (Å²) in [5.41, 5.74) is 0.0188. The largest absolute Gasteiger partial charge is 0.377 e. The zero-order chi connectivity index (χ0) is 12.5. The summed E-state index contributed by atoms with van der Waals surface area (Å²) in [6.45, 7) is 8.85. The number of aromatic nitrogens is 2. The van der Waals surface area contributed by atoms with Crippen molar-refractivity contribution in [3.05, 3.63) is 5.82 Å². The molecule has 1 aromatic rings. The highest BCUT2D eigenvalue weighted by Crippen LogP contribution is 2.27. The first kappa shape index (κ1) is 13.2. The Bertz CT molecular complexity index is 377. The summed E-state index contributed by atoms with van der Waals surface area (Å²) in [6, 6.07) is 0.365. The van der Waals surface area contributed by atoms with Gasteiger partial charge in [-0.1, -0.05) is 36.7 Å². The second kappa shape index (κ2) is 5.20. The second-order valence-corrected chi connectivity index (χ2v) is 6.60. The average molecular weight is 320 g/mol. The molecule has 1 atom stereocenters. The van der Waals surface area contributed by atoms with Crippen molar-refractivity contribution >= 4 is 32.6 Å². The predicted molar refractivity (Wildman–Crippen MR) is 74.4 cm³/mol. The van der Waals surface area contributed by atoms with Gasteiger partial charge < -0.3 is 9.64 Å². The van der Waals surface area contributed by atoms with Gasteiger partial charge in [0.15, 0.2) is 0 Å². The zero-order valence-electron chi connectivity index (χ0n) is 10.4. The highest BCUT2D eigenvalue weighted by atomic mass is 79.9. The first-order chi connectivity index (χ1) is 8.02. The zero-order valence-corrected chi connectivity index (χ0v) is 12.8. The number of alkyl halides is 1. The Morgan fingerprint density at radius 2 is 2.29 bits per heavy atom. The molecule has 0 aliphatic carbocycles. The molecule has 0 radical (unpaired) electrons. The van der Waals surface area contributed by atoms with Crippen molar-refractivity contribution in [2.45, 2.75) is 32.2 Å². The molecular formula is C11H18BrN3OS. The SMILES string of the molecule is CC(C)(C)c1nsc(N2CCOCC2CBr)n1. The van der Waals surface area contributed by atoms with Gasteiger partial charge in [-0.3, -0.25) is 0 Å². The smallest absolute Gasteiger partial charge is 0.205 e. The lowest BCUT2D eigenvalue weighted by Gasteiger charge is -2.34. The van der Waals surface area contributed by atoms with E-state index in [0.717, 1.165) is 36.0 Å². The van der Waals surface area contributed by atoms with Gasteiger partial charge in [0.1, 0.15) is 5.82 Å². The Balaban J connectivity index is 2.18. The van der Waals surface area contributed by atoms with E-state index >= 15 is 0 Å². The van der Waals surface area contributed by atoms with Gasteiger partial charge in [0.25, 0.3) is 0 Å². The molecule has 96 valence electrons. The number of ether oxygens (including phenoxy) is 1. The number of nitrogens with zero attached hydrogens (tertiary/aromatic N) is 3. The van der Waals surface area contributed by atoms with E-state index in [2.05, 4.69) is 51.0 Å². The Labute approximate surface area is 115 Å². The van der Waals surface area contributed by atoms with Gasteiger partial charge >= 0.3 is 0 Å². The van der Waals surface area contributed by atoms with Crippen molar-refractivity contribution < 1.29 is 4.74 Å². The van der Waals surface area contributed by atoms with Crippen LogP contribution in [0.1, 0.15) is 26.6 Å². The van der Waals surface area contributed by atoms with Crippen molar-refractivity contribution in [1.29, 1.82) is 0 Å². The lowest BCUT2D eigenvalue weighted by Crippen LogP contribution is -2.46. The van der Waals surface area contributed by atoms with Crippen LogP contribution in [-0.2, 0) is 10.2 Å². The fraction of sp³-hybridized carbons (Fsp3) is 0.818. The maximum absolute atomic E-state index is 5.48. The molecule has 1 saturated heterocycles. The molecule has 1 aliphatic heterocycles. The van der Waals surface area contributed by atoms with E-state index in [1.54, 1.807) is 0 Å². The molecule has 2 heterocycles. The Hall–Kier alpha value is -0.200. The van der Waals surface area contributed by atoms with E-state index in [4.69, 9.17) is 4.74 Å². The highest BCUT2D eigenvalue weighted by molar-refractivity contribution is 9.09. The van der Waals surface area contributed by atoms with E-state index in [-0.39, 0.29) is 5.41 Å². The summed E-state index contributed by atoms with van der Waals surface area (Å²) >= 11 is 5.02. The molecule has 0 N–H and O–H groups in total. The molecular weight excluding hydrogens is 302 g/mol. The van der Waals surface area contributed by atoms with Crippen LogP contribution >= 0.6 is 27.5 Å². The normalized spacial score (nSPS) is 21.9.